The van der Waals surface area contributed by atoms with Crippen molar-refractivity contribution in [3.05, 3.63) is 63.7 Å². The molecule has 0 aliphatic rings. The summed E-state index contributed by atoms with van der Waals surface area (Å²) in [7, 11) is 0. The van der Waals surface area contributed by atoms with Crippen LogP contribution in [0.15, 0.2) is 52.3 Å². The molecule has 2 aromatic carbocycles. The van der Waals surface area contributed by atoms with Crippen LogP contribution in [0.2, 0.25) is 0 Å². The van der Waals surface area contributed by atoms with Crippen LogP contribution >= 0.6 is 27.3 Å². The van der Waals surface area contributed by atoms with Crippen molar-refractivity contribution in [3.63, 3.8) is 0 Å². The van der Waals surface area contributed by atoms with Crippen molar-refractivity contribution in [2.45, 2.75) is 6.92 Å². The van der Waals surface area contributed by atoms with Crippen molar-refractivity contribution in [2.24, 2.45) is 0 Å². The lowest BCUT2D eigenvalue weighted by Crippen LogP contribution is -1.85. The van der Waals surface area contributed by atoms with Gasteiger partial charge >= 0.3 is 0 Å². The quantitative estimate of drug-likeness (QED) is 0.580. The number of rotatable bonds is 2. The topological polar surface area (TPSA) is 12.9 Å². The van der Waals surface area contributed by atoms with E-state index in [2.05, 4.69) is 20.9 Å². The van der Waals surface area contributed by atoms with E-state index in [0.29, 0.717) is 0 Å². The summed E-state index contributed by atoms with van der Waals surface area (Å²) < 4.78 is 14.2. The molecule has 1 nitrogen and oxygen atoms in total. The van der Waals surface area contributed by atoms with Crippen molar-refractivity contribution in [3.8, 4) is 21.8 Å². The fourth-order valence-electron chi connectivity index (χ4n) is 2.02. The normalized spacial score (nSPS) is 10.8. The number of aromatic nitrogens is 1. The van der Waals surface area contributed by atoms with Gasteiger partial charge in [0, 0.05) is 21.0 Å². The average Bonchev–Trinajstić information content (AvgIpc) is 2.89. The van der Waals surface area contributed by atoms with E-state index in [-0.39, 0.29) is 5.82 Å². The molecule has 0 atom stereocenters. The minimum absolute atomic E-state index is 0.212. The van der Waals surface area contributed by atoms with Crippen LogP contribution in [0, 0.1) is 12.7 Å². The third-order valence-corrected chi connectivity index (χ3v) is 4.47. The Morgan fingerprint density at radius 3 is 2.55 bits per heavy atom. The molecule has 1 heterocycles. The SMILES string of the molecule is Cc1cc(F)ccc1-c1nc(-c2ccc(Br)cc2)cs1. The predicted octanol–water partition coefficient (Wildman–Crippen LogP) is 5.69. The van der Waals surface area contributed by atoms with Crippen molar-refractivity contribution < 1.29 is 4.39 Å². The number of benzene rings is 2. The zero-order valence-corrected chi connectivity index (χ0v) is 13.1. The Morgan fingerprint density at radius 1 is 1.10 bits per heavy atom. The van der Waals surface area contributed by atoms with Crippen molar-refractivity contribution in [1.82, 2.24) is 4.98 Å². The lowest BCUT2D eigenvalue weighted by Gasteiger charge is -2.02. The molecule has 3 rings (SSSR count). The van der Waals surface area contributed by atoms with Gasteiger partial charge < -0.3 is 0 Å². The molecule has 0 radical (unpaired) electrons. The molecule has 0 N–H and O–H groups in total. The lowest BCUT2D eigenvalue weighted by molar-refractivity contribution is 0.627. The molecule has 0 bridgehead atoms. The van der Waals surface area contributed by atoms with Crippen molar-refractivity contribution in [1.29, 1.82) is 0 Å². The first-order chi connectivity index (χ1) is 9.63. The highest BCUT2D eigenvalue weighted by molar-refractivity contribution is 9.10. The molecule has 3 aromatic rings. The van der Waals surface area contributed by atoms with Crippen LogP contribution in [0.5, 0.6) is 0 Å². The summed E-state index contributed by atoms with van der Waals surface area (Å²) in [5.41, 5.74) is 3.91. The molecule has 0 amide bonds. The number of hydrogen-bond acceptors (Lipinski definition) is 2. The van der Waals surface area contributed by atoms with E-state index in [1.807, 2.05) is 36.6 Å². The number of nitrogens with zero attached hydrogens (tertiary/aromatic N) is 1. The average molecular weight is 348 g/mol. The zero-order chi connectivity index (χ0) is 14.1. The van der Waals surface area contributed by atoms with Gasteiger partial charge in [0.15, 0.2) is 0 Å². The maximum absolute atomic E-state index is 13.1. The van der Waals surface area contributed by atoms with Gasteiger partial charge in [-0.15, -0.1) is 11.3 Å². The van der Waals surface area contributed by atoms with Gasteiger partial charge in [-0.1, -0.05) is 28.1 Å². The van der Waals surface area contributed by atoms with E-state index in [4.69, 9.17) is 0 Å². The van der Waals surface area contributed by atoms with E-state index in [9.17, 15) is 4.39 Å². The van der Waals surface area contributed by atoms with Crippen LogP contribution in [0.1, 0.15) is 5.56 Å². The first kappa shape index (κ1) is 13.5. The van der Waals surface area contributed by atoms with E-state index in [1.54, 1.807) is 17.4 Å². The highest BCUT2D eigenvalue weighted by atomic mass is 79.9. The molecule has 0 fully saturated rings. The molecule has 0 saturated carbocycles. The smallest absolute Gasteiger partial charge is 0.124 e. The molecule has 0 spiro atoms. The molecular formula is C16H11BrFNS. The molecule has 20 heavy (non-hydrogen) atoms. The zero-order valence-electron chi connectivity index (χ0n) is 10.7. The summed E-state index contributed by atoms with van der Waals surface area (Å²) in [6.45, 7) is 1.90. The second kappa shape index (κ2) is 5.46. The van der Waals surface area contributed by atoms with Gasteiger partial charge in [0.1, 0.15) is 10.8 Å². The highest BCUT2D eigenvalue weighted by Gasteiger charge is 2.09. The predicted molar refractivity (Wildman–Crippen MR) is 85.4 cm³/mol. The van der Waals surface area contributed by atoms with Gasteiger partial charge in [-0.25, -0.2) is 9.37 Å². The molecule has 0 saturated heterocycles. The van der Waals surface area contributed by atoms with Crippen LogP contribution < -0.4 is 0 Å². The van der Waals surface area contributed by atoms with E-state index >= 15 is 0 Å². The number of hydrogen-bond donors (Lipinski definition) is 0. The molecule has 0 aliphatic heterocycles. The summed E-state index contributed by atoms with van der Waals surface area (Å²) in [5.74, 6) is -0.212. The van der Waals surface area contributed by atoms with E-state index < -0.39 is 0 Å². The minimum Gasteiger partial charge on any atom is -0.236 e. The second-order valence-corrected chi connectivity index (χ2v) is 6.28. The Bertz CT molecular complexity index is 749. The highest BCUT2D eigenvalue weighted by Crippen LogP contribution is 2.31. The van der Waals surface area contributed by atoms with Crippen LogP contribution in [0.3, 0.4) is 0 Å². The van der Waals surface area contributed by atoms with Gasteiger partial charge in [0.05, 0.1) is 5.69 Å². The maximum Gasteiger partial charge on any atom is 0.124 e. The summed E-state index contributed by atoms with van der Waals surface area (Å²) in [5, 5.41) is 2.95. The Kier molecular flexibility index (Phi) is 3.68. The van der Waals surface area contributed by atoms with Crippen molar-refractivity contribution >= 4 is 27.3 Å². The molecule has 4 heteroatoms. The monoisotopic (exact) mass is 347 g/mol. The fourth-order valence-corrected chi connectivity index (χ4v) is 3.20. The second-order valence-electron chi connectivity index (χ2n) is 4.50. The maximum atomic E-state index is 13.1. The minimum atomic E-state index is -0.212. The molecular weight excluding hydrogens is 337 g/mol. The number of halogens is 2. The Labute approximate surface area is 129 Å². The van der Waals surface area contributed by atoms with Crippen molar-refractivity contribution in [2.75, 3.05) is 0 Å². The summed E-state index contributed by atoms with van der Waals surface area (Å²) in [6.07, 6.45) is 0. The summed E-state index contributed by atoms with van der Waals surface area (Å²) >= 11 is 5.00. The lowest BCUT2D eigenvalue weighted by atomic mass is 10.1. The third-order valence-electron chi connectivity index (χ3n) is 3.06. The third kappa shape index (κ3) is 2.67. The molecule has 100 valence electrons. The molecule has 0 unspecified atom stereocenters. The summed E-state index contributed by atoms with van der Waals surface area (Å²) in [4.78, 5) is 4.65. The van der Waals surface area contributed by atoms with Gasteiger partial charge in [-0.2, -0.15) is 0 Å². The van der Waals surface area contributed by atoms with Crippen LogP contribution in [-0.4, -0.2) is 4.98 Å². The van der Waals surface area contributed by atoms with E-state index in [1.165, 1.54) is 12.1 Å². The standard InChI is InChI=1S/C16H11BrFNS/c1-10-8-13(18)6-7-14(10)16-19-15(9-20-16)11-2-4-12(17)5-3-11/h2-9H,1H3. The van der Waals surface area contributed by atoms with Crippen LogP contribution in [-0.2, 0) is 0 Å². The van der Waals surface area contributed by atoms with Gasteiger partial charge in [-0.05, 0) is 42.8 Å². The Hall–Kier alpha value is -1.52. The first-order valence-corrected chi connectivity index (χ1v) is 7.79. The van der Waals surface area contributed by atoms with E-state index in [0.717, 1.165) is 31.9 Å². The number of aryl methyl sites for hydroxylation is 1. The number of thiazole rings is 1. The Morgan fingerprint density at radius 2 is 1.85 bits per heavy atom. The van der Waals surface area contributed by atoms with Gasteiger partial charge in [0.2, 0.25) is 0 Å². The Balaban J connectivity index is 1.99. The van der Waals surface area contributed by atoms with Crippen LogP contribution in [0.25, 0.3) is 21.8 Å². The molecule has 0 aliphatic carbocycles. The molecule has 1 aromatic heterocycles. The van der Waals surface area contributed by atoms with Gasteiger partial charge in [-0.3, -0.25) is 0 Å². The largest absolute Gasteiger partial charge is 0.236 e. The summed E-state index contributed by atoms with van der Waals surface area (Å²) in [6, 6.07) is 12.9. The first-order valence-electron chi connectivity index (χ1n) is 6.11. The van der Waals surface area contributed by atoms with Crippen LogP contribution in [0.4, 0.5) is 4.39 Å². The fraction of sp³-hybridized carbons (Fsp3) is 0.0625. The van der Waals surface area contributed by atoms with Gasteiger partial charge in [0.25, 0.3) is 0 Å².